The van der Waals surface area contributed by atoms with E-state index in [-0.39, 0.29) is 17.9 Å². The number of hydrogen-bond acceptors (Lipinski definition) is 3. The van der Waals surface area contributed by atoms with Gasteiger partial charge in [0, 0.05) is 17.8 Å². The zero-order valence-electron chi connectivity index (χ0n) is 16.8. The maximum absolute atomic E-state index is 12.8. The molecule has 2 amide bonds. The maximum atomic E-state index is 12.8. The minimum Gasteiger partial charge on any atom is -0.344 e. The fraction of sp³-hybridized carbons (Fsp3) is 0.261. The Balaban J connectivity index is 1.50. The molecule has 0 fully saturated rings. The van der Waals surface area contributed by atoms with E-state index in [4.69, 9.17) is 0 Å². The van der Waals surface area contributed by atoms with E-state index >= 15 is 0 Å². The van der Waals surface area contributed by atoms with Crippen LogP contribution in [0.3, 0.4) is 0 Å². The first-order valence-electron chi connectivity index (χ1n) is 9.78. The van der Waals surface area contributed by atoms with Crippen LogP contribution in [0.25, 0.3) is 5.69 Å². The quantitative estimate of drug-likeness (QED) is 0.712. The van der Waals surface area contributed by atoms with Crippen molar-refractivity contribution in [2.45, 2.75) is 39.7 Å². The molecule has 0 spiro atoms. The fourth-order valence-corrected chi connectivity index (χ4v) is 3.56. The van der Waals surface area contributed by atoms with Crippen molar-refractivity contribution in [2.75, 3.05) is 5.32 Å². The normalized spacial score (nSPS) is 14.1. The number of amides is 2. The number of nitrogens with zero attached hydrogens (tertiary/aromatic N) is 2. The van der Waals surface area contributed by atoms with Crippen LogP contribution in [-0.4, -0.2) is 21.6 Å². The average Bonchev–Trinajstić information content (AvgIpc) is 3.10. The van der Waals surface area contributed by atoms with Crippen molar-refractivity contribution in [2.24, 2.45) is 0 Å². The van der Waals surface area contributed by atoms with E-state index in [1.165, 1.54) is 5.56 Å². The van der Waals surface area contributed by atoms with E-state index in [9.17, 15) is 9.59 Å². The zero-order chi connectivity index (χ0) is 20.5. The summed E-state index contributed by atoms with van der Waals surface area (Å²) in [6.45, 7) is 5.92. The van der Waals surface area contributed by atoms with E-state index in [1.54, 1.807) is 10.7 Å². The Hall–Kier alpha value is -3.41. The highest BCUT2D eigenvalue weighted by Gasteiger charge is 2.19. The van der Waals surface area contributed by atoms with Crippen LogP contribution in [0.4, 0.5) is 5.69 Å². The molecule has 6 heteroatoms. The molecule has 2 aromatic carbocycles. The maximum Gasteiger partial charge on any atom is 0.272 e. The molecule has 1 atom stereocenters. The molecule has 1 aliphatic rings. The first-order chi connectivity index (χ1) is 13.9. The van der Waals surface area contributed by atoms with E-state index < -0.39 is 0 Å². The largest absolute Gasteiger partial charge is 0.344 e. The van der Waals surface area contributed by atoms with E-state index in [0.29, 0.717) is 12.1 Å². The Morgan fingerprint density at radius 3 is 2.62 bits per heavy atom. The highest BCUT2D eigenvalue weighted by molar-refractivity contribution is 5.94. The number of aryl methyl sites for hydroxylation is 3. The number of carbonyl (C=O) groups is 2. The van der Waals surface area contributed by atoms with Crippen LogP contribution in [0.15, 0.2) is 48.5 Å². The Labute approximate surface area is 169 Å². The Morgan fingerprint density at radius 2 is 1.86 bits per heavy atom. The number of nitrogens with one attached hydrogen (secondary N) is 2. The van der Waals surface area contributed by atoms with Crippen LogP contribution in [0.2, 0.25) is 0 Å². The fourth-order valence-electron chi connectivity index (χ4n) is 3.56. The highest BCUT2D eigenvalue weighted by atomic mass is 16.2. The standard InChI is InChI=1S/C23H24N4O2/c1-14-4-8-19(9-5-14)27-15(2)12-21(26-27)23(29)24-16(3)17-6-10-20-18(13-17)7-11-22(28)25-20/h4-6,8-10,12-13,16H,7,11H2,1-3H3,(H,24,29)(H,25,28)/t16-/m0/s1. The average molecular weight is 388 g/mol. The second kappa shape index (κ2) is 7.54. The lowest BCUT2D eigenvalue weighted by atomic mass is 9.98. The van der Waals surface area contributed by atoms with Gasteiger partial charge < -0.3 is 10.6 Å². The van der Waals surface area contributed by atoms with Gasteiger partial charge in [0.15, 0.2) is 5.69 Å². The number of benzene rings is 2. The molecule has 2 N–H and O–H groups in total. The number of carbonyl (C=O) groups excluding carboxylic acids is 2. The molecule has 0 bridgehead atoms. The molecule has 29 heavy (non-hydrogen) atoms. The molecular formula is C23H24N4O2. The molecule has 0 unspecified atom stereocenters. The van der Waals surface area contributed by atoms with Gasteiger partial charge in [-0.2, -0.15) is 5.10 Å². The molecule has 6 nitrogen and oxygen atoms in total. The first-order valence-corrected chi connectivity index (χ1v) is 9.78. The first kappa shape index (κ1) is 18.9. The predicted molar refractivity (Wildman–Crippen MR) is 112 cm³/mol. The topological polar surface area (TPSA) is 76.0 Å². The molecule has 3 aromatic rings. The number of anilines is 1. The number of fused-ring (bicyclic) bond motifs is 1. The molecule has 0 radical (unpaired) electrons. The summed E-state index contributed by atoms with van der Waals surface area (Å²) in [7, 11) is 0. The van der Waals surface area contributed by atoms with E-state index in [0.717, 1.165) is 34.6 Å². The number of rotatable bonds is 4. The summed E-state index contributed by atoms with van der Waals surface area (Å²) in [5, 5.41) is 10.4. The lowest BCUT2D eigenvalue weighted by Crippen LogP contribution is -2.27. The van der Waals surface area contributed by atoms with Crippen molar-refractivity contribution >= 4 is 17.5 Å². The molecule has 0 saturated heterocycles. The predicted octanol–water partition coefficient (Wildman–Crippen LogP) is 3.86. The third kappa shape index (κ3) is 3.92. The van der Waals surface area contributed by atoms with Crippen molar-refractivity contribution in [3.8, 4) is 5.69 Å². The summed E-state index contributed by atoms with van der Waals surface area (Å²) in [6, 6.07) is 15.5. The molecule has 148 valence electrons. The van der Waals surface area contributed by atoms with Gasteiger partial charge in [0.2, 0.25) is 5.91 Å². The van der Waals surface area contributed by atoms with Gasteiger partial charge in [-0.05, 0) is 62.6 Å². The second-order valence-electron chi connectivity index (χ2n) is 7.58. The summed E-state index contributed by atoms with van der Waals surface area (Å²) in [5.41, 5.74) is 6.35. The van der Waals surface area contributed by atoms with Crippen molar-refractivity contribution in [1.82, 2.24) is 15.1 Å². The van der Waals surface area contributed by atoms with Gasteiger partial charge in [0.05, 0.1) is 11.7 Å². The number of aromatic nitrogens is 2. The summed E-state index contributed by atoms with van der Waals surface area (Å²) in [4.78, 5) is 24.3. The number of hydrogen-bond donors (Lipinski definition) is 2. The molecular weight excluding hydrogens is 364 g/mol. The van der Waals surface area contributed by atoms with Gasteiger partial charge >= 0.3 is 0 Å². The van der Waals surface area contributed by atoms with Gasteiger partial charge in [-0.15, -0.1) is 0 Å². The molecule has 0 aliphatic carbocycles. The zero-order valence-corrected chi connectivity index (χ0v) is 16.8. The molecule has 1 aliphatic heterocycles. The SMILES string of the molecule is Cc1ccc(-n2nc(C(=O)N[C@@H](C)c3ccc4c(c3)CCC(=O)N4)cc2C)cc1. The van der Waals surface area contributed by atoms with Crippen LogP contribution in [0.5, 0.6) is 0 Å². The minimum atomic E-state index is -0.211. The Morgan fingerprint density at radius 1 is 1.10 bits per heavy atom. The summed E-state index contributed by atoms with van der Waals surface area (Å²) in [6.07, 6.45) is 1.21. The van der Waals surface area contributed by atoms with Gasteiger partial charge in [-0.3, -0.25) is 9.59 Å². The Bertz CT molecular complexity index is 1080. The summed E-state index contributed by atoms with van der Waals surface area (Å²) in [5.74, 6) is -0.163. The van der Waals surface area contributed by atoms with Crippen LogP contribution < -0.4 is 10.6 Å². The second-order valence-corrected chi connectivity index (χ2v) is 7.58. The van der Waals surface area contributed by atoms with Crippen LogP contribution >= 0.6 is 0 Å². The van der Waals surface area contributed by atoms with Crippen molar-refractivity contribution in [1.29, 1.82) is 0 Å². The third-order valence-corrected chi connectivity index (χ3v) is 5.27. The van der Waals surface area contributed by atoms with Gasteiger partial charge in [-0.25, -0.2) is 4.68 Å². The summed E-state index contributed by atoms with van der Waals surface area (Å²) >= 11 is 0. The van der Waals surface area contributed by atoms with E-state index in [2.05, 4.69) is 21.8 Å². The minimum absolute atomic E-state index is 0.0473. The highest BCUT2D eigenvalue weighted by Crippen LogP contribution is 2.26. The van der Waals surface area contributed by atoms with Crippen molar-refractivity contribution < 1.29 is 9.59 Å². The smallest absolute Gasteiger partial charge is 0.272 e. The monoisotopic (exact) mass is 388 g/mol. The van der Waals surface area contributed by atoms with Crippen molar-refractivity contribution in [3.05, 3.63) is 76.6 Å². The van der Waals surface area contributed by atoms with Crippen molar-refractivity contribution in [3.63, 3.8) is 0 Å². The molecule has 1 aromatic heterocycles. The van der Waals surface area contributed by atoms with Crippen LogP contribution in [0, 0.1) is 13.8 Å². The molecule has 4 rings (SSSR count). The van der Waals surface area contributed by atoms with Crippen LogP contribution in [0.1, 0.15) is 52.3 Å². The lowest BCUT2D eigenvalue weighted by molar-refractivity contribution is -0.116. The Kier molecular flexibility index (Phi) is 4.92. The third-order valence-electron chi connectivity index (χ3n) is 5.27. The summed E-state index contributed by atoms with van der Waals surface area (Å²) < 4.78 is 1.78. The van der Waals surface area contributed by atoms with E-state index in [1.807, 2.05) is 57.2 Å². The van der Waals surface area contributed by atoms with Gasteiger partial charge in [0.25, 0.3) is 5.91 Å². The van der Waals surface area contributed by atoms with Crippen LogP contribution in [-0.2, 0) is 11.2 Å². The van der Waals surface area contributed by atoms with Gasteiger partial charge in [0.1, 0.15) is 0 Å². The molecule has 2 heterocycles. The van der Waals surface area contributed by atoms with Gasteiger partial charge in [-0.1, -0.05) is 29.8 Å². The lowest BCUT2D eigenvalue weighted by Gasteiger charge is -2.20. The molecule has 0 saturated carbocycles.